The third kappa shape index (κ3) is 5.01. The molecule has 1 unspecified atom stereocenters. The molecule has 3 amide bonds. The number of hydrogen-bond donors (Lipinski definition) is 2. The summed E-state index contributed by atoms with van der Waals surface area (Å²) < 4.78 is 11.3. The van der Waals surface area contributed by atoms with Gasteiger partial charge in [0.2, 0.25) is 11.8 Å². The van der Waals surface area contributed by atoms with Crippen molar-refractivity contribution in [3.63, 3.8) is 0 Å². The Morgan fingerprint density at radius 3 is 2.62 bits per heavy atom. The number of amides is 3. The van der Waals surface area contributed by atoms with Gasteiger partial charge in [-0.2, -0.15) is 0 Å². The summed E-state index contributed by atoms with van der Waals surface area (Å²) in [6, 6.07) is 13.8. The number of hydrogen-bond acceptors (Lipinski definition) is 7. The van der Waals surface area contributed by atoms with Gasteiger partial charge in [-0.15, -0.1) is 0 Å². The molecule has 9 heteroatoms. The highest BCUT2D eigenvalue weighted by Gasteiger charge is 2.43. The van der Waals surface area contributed by atoms with Gasteiger partial charge in [0.1, 0.15) is 11.8 Å². The van der Waals surface area contributed by atoms with E-state index in [1.54, 1.807) is 12.0 Å². The van der Waals surface area contributed by atoms with Crippen LogP contribution in [0.25, 0.3) is 0 Å². The number of fused-ring (bicyclic) bond motifs is 1. The second-order valence-corrected chi connectivity index (χ2v) is 11.2. The fourth-order valence-corrected chi connectivity index (χ4v) is 6.66. The van der Waals surface area contributed by atoms with Gasteiger partial charge in [-0.25, -0.2) is 0 Å². The van der Waals surface area contributed by atoms with Gasteiger partial charge in [0.05, 0.1) is 20.3 Å². The fourth-order valence-electron chi connectivity index (χ4n) is 6.66. The van der Waals surface area contributed by atoms with Crippen LogP contribution in [0.2, 0.25) is 0 Å². The topological polar surface area (TPSA) is 100 Å². The molecule has 2 aromatic rings. The molecule has 1 aliphatic carbocycles. The molecule has 2 N–H and O–H groups in total. The van der Waals surface area contributed by atoms with Crippen molar-refractivity contribution < 1.29 is 23.9 Å². The highest BCUT2D eigenvalue weighted by atomic mass is 16.5. The molecule has 206 valence electrons. The van der Waals surface area contributed by atoms with Crippen molar-refractivity contribution >= 4 is 23.4 Å². The van der Waals surface area contributed by atoms with Crippen molar-refractivity contribution in [2.75, 3.05) is 32.2 Å². The largest absolute Gasteiger partial charge is 0.497 e. The Hall–Kier alpha value is -3.43. The molecule has 0 bridgehead atoms. The molecule has 4 aliphatic rings. The number of methoxy groups -OCH3 is 1. The van der Waals surface area contributed by atoms with Crippen molar-refractivity contribution in [2.24, 2.45) is 0 Å². The quantitative estimate of drug-likeness (QED) is 0.552. The standard InChI is InChI=1S/C30H36N4O5/c1-38-22-7-5-20(6-8-22)17-33-15-16-39-19-30(33)13-11-21(12-14-30)31-25-4-2-3-23-24(25)18-34(29(23)37)26-9-10-27(35)32-28(26)36/h2-8,21,26,31H,9-19H2,1H3,(H,32,35,36). The predicted molar refractivity (Wildman–Crippen MR) is 145 cm³/mol. The summed E-state index contributed by atoms with van der Waals surface area (Å²) in [6.07, 6.45) is 4.72. The van der Waals surface area contributed by atoms with E-state index in [1.165, 1.54) is 5.56 Å². The molecule has 2 saturated heterocycles. The molecule has 3 fully saturated rings. The summed E-state index contributed by atoms with van der Waals surface area (Å²) >= 11 is 0. The van der Waals surface area contributed by atoms with Crippen molar-refractivity contribution in [2.45, 2.75) is 69.2 Å². The number of anilines is 1. The van der Waals surface area contributed by atoms with E-state index in [4.69, 9.17) is 9.47 Å². The maximum atomic E-state index is 13.2. The van der Waals surface area contributed by atoms with E-state index in [0.29, 0.717) is 24.6 Å². The number of benzene rings is 2. The van der Waals surface area contributed by atoms with Crippen LogP contribution in [-0.2, 0) is 27.4 Å². The molecule has 9 nitrogen and oxygen atoms in total. The van der Waals surface area contributed by atoms with Gasteiger partial charge in [-0.05, 0) is 61.9 Å². The average Bonchev–Trinajstić information content (AvgIpc) is 3.29. The van der Waals surface area contributed by atoms with Gasteiger partial charge in [0.15, 0.2) is 0 Å². The van der Waals surface area contributed by atoms with E-state index >= 15 is 0 Å². The number of nitrogens with one attached hydrogen (secondary N) is 2. The smallest absolute Gasteiger partial charge is 0.255 e. The number of ether oxygens (including phenoxy) is 2. The lowest BCUT2D eigenvalue weighted by atomic mass is 9.77. The lowest BCUT2D eigenvalue weighted by Crippen LogP contribution is -2.58. The Kier molecular flexibility index (Phi) is 7.03. The molecule has 39 heavy (non-hydrogen) atoms. The van der Waals surface area contributed by atoms with E-state index in [2.05, 4.69) is 27.7 Å². The number of carbonyl (C=O) groups is 3. The van der Waals surface area contributed by atoms with E-state index < -0.39 is 6.04 Å². The zero-order valence-corrected chi connectivity index (χ0v) is 22.4. The lowest BCUT2D eigenvalue weighted by molar-refractivity contribution is -0.136. The summed E-state index contributed by atoms with van der Waals surface area (Å²) in [7, 11) is 1.69. The van der Waals surface area contributed by atoms with Crippen LogP contribution in [0, 0.1) is 0 Å². The number of carbonyl (C=O) groups excluding carboxylic acids is 3. The molecule has 0 radical (unpaired) electrons. The van der Waals surface area contributed by atoms with Gasteiger partial charge in [-0.1, -0.05) is 18.2 Å². The second-order valence-electron chi connectivity index (χ2n) is 11.2. The van der Waals surface area contributed by atoms with Crippen LogP contribution in [0.4, 0.5) is 5.69 Å². The van der Waals surface area contributed by atoms with Crippen molar-refractivity contribution in [1.29, 1.82) is 0 Å². The first-order valence-corrected chi connectivity index (χ1v) is 13.9. The summed E-state index contributed by atoms with van der Waals surface area (Å²) in [5.74, 6) is 0.0766. The monoisotopic (exact) mass is 532 g/mol. The number of piperidine rings is 1. The van der Waals surface area contributed by atoms with E-state index in [1.807, 2.05) is 30.3 Å². The van der Waals surface area contributed by atoms with Crippen LogP contribution in [-0.4, -0.2) is 72.0 Å². The Morgan fingerprint density at radius 1 is 1.08 bits per heavy atom. The molecule has 6 rings (SSSR count). The molecular weight excluding hydrogens is 496 g/mol. The third-order valence-electron chi connectivity index (χ3n) is 8.94. The van der Waals surface area contributed by atoms with Crippen molar-refractivity contribution in [1.82, 2.24) is 15.1 Å². The van der Waals surface area contributed by atoms with Gasteiger partial charge in [0, 0.05) is 54.5 Å². The SMILES string of the molecule is COc1ccc(CN2CCOCC23CCC(Nc2cccc4c2CN(C2CCC(=O)NC2=O)C4=O)CC3)cc1. The maximum absolute atomic E-state index is 13.2. The van der Waals surface area contributed by atoms with Crippen molar-refractivity contribution in [3.05, 3.63) is 59.2 Å². The summed E-state index contributed by atoms with van der Waals surface area (Å²) in [5, 5.41) is 6.11. The highest BCUT2D eigenvalue weighted by Crippen LogP contribution is 2.39. The molecule has 1 saturated carbocycles. The molecule has 1 atom stereocenters. The van der Waals surface area contributed by atoms with Gasteiger partial charge in [0.25, 0.3) is 5.91 Å². The highest BCUT2D eigenvalue weighted by molar-refractivity contribution is 6.06. The van der Waals surface area contributed by atoms with Gasteiger partial charge >= 0.3 is 0 Å². The second kappa shape index (κ2) is 10.6. The maximum Gasteiger partial charge on any atom is 0.255 e. The summed E-state index contributed by atoms with van der Waals surface area (Å²) in [6.45, 7) is 3.72. The lowest BCUT2D eigenvalue weighted by Gasteiger charge is -2.50. The predicted octanol–water partition coefficient (Wildman–Crippen LogP) is 3.08. The van der Waals surface area contributed by atoms with Crippen LogP contribution in [0.1, 0.15) is 60.0 Å². The number of imide groups is 1. The molecule has 2 aromatic carbocycles. The number of morpholine rings is 1. The van der Waals surface area contributed by atoms with Crippen LogP contribution in [0.15, 0.2) is 42.5 Å². The minimum atomic E-state index is -0.604. The van der Waals surface area contributed by atoms with Gasteiger partial charge < -0.3 is 19.7 Å². The summed E-state index contributed by atoms with van der Waals surface area (Å²) in [5.41, 5.74) is 3.86. The summed E-state index contributed by atoms with van der Waals surface area (Å²) in [4.78, 5) is 41.5. The minimum absolute atomic E-state index is 0.0353. The van der Waals surface area contributed by atoms with Gasteiger partial charge in [-0.3, -0.25) is 24.6 Å². The first kappa shape index (κ1) is 25.8. The minimum Gasteiger partial charge on any atom is -0.497 e. The van der Waals surface area contributed by atoms with E-state index in [-0.39, 0.29) is 29.7 Å². The first-order chi connectivity index (χ1) is 19.0. The molecule has 3 aliphatic heterocycles. The Labute approximate surface area is 228 Å². The zero-order chi connectivity index (χ0) is 27.0. The molecule has 3 heterocycles. The fraction of sp³-hybridized carbons (Fsp3) is 0.500. The van der Waals surface area contributed by atoms with Crippen LogP contribution < -0.4 is 15.4 Å². The first-order valence-electron chi connectivity index (χ1n) is 13.9. The zero-order valence-electron chi connectivity index (χ0n) is 22.4. The Balaban J connectivity index is 1.11. The van der Waals surface area contributed by atoms with Crippen molar-refractivity contribution in [3.8, 4) is 5.75 Å². The van der Waals surface area contributed by atoms with Crippen LogP contribution in [0.5, 0.6) is 5.75 Å². The average molecular weight is 533 g/mol. The van der Waals surface area contributed by atoms with E-state index in [0.717, 1.165) is 69.0 Å². The normalized spacial score (nSPS) is 27.4. The molecule has 1 spiro atoms. The van der Waals surface area contributed by atoms with E-state index in [9.17, 15) is 14.4 Å². The van der Waals surface area contributed by atoms with Crippen LogP contribution in [0.3, 0.4) is 0 Å². The Bertz CT molecular complexity index is 1250. The molecule has 0 aromatic heterocycles. The number of nitrogens with zero attached hydrogens (tertiary/aromatic N) is 2. The molecular formula is C30H36N4O5. The van der Waals surface area contributed by atoms with Crippen LogP contribution >= 0.6 is 0 Å². The third-order valence-corrected chi connectivity index (χ3v) is 8.94. The number of rotatable bonds is 6. The Morgan fingerprint density at radius 2 is 1.87 bits per heavy atom.